The van der Waals surface area contributed by atoms with Crippen LogP contribution in [-0.4, -0.2) is 23.2 Å². The molecule has 1 aromatic carbocycles. The molecule has 3 nitrogen and oxygen atoms in total. The average Bonchev–Trinajstić information content (AvgIpc) is 3.27. The van der Waals surface area contributed by atoms with Gasteiger partial charge in [0.2, 0.25) is 5.91 Å². The molecule has 1 aliphatic carbocycles. The van der Waals surface area contributed by atoms with Gasteiger partial charge in [-0.25, -0.2) is 0 Å². The molecule has 22 heavy (non-hydrogen) atoms. The van der Waals surface area contributed by atoms with Gasteiger partial charge in [-0.2, -0.15) is 13.2 Å². The first-order chi connectivity index (χ1) is 10.2. The number of aliphatic hydroxyl groups is 1. The third-order valence-electron chi connectivity index (χ3n) is 4.02. The molecule has 0 aliphatic heterocycles. The number of halogens is 3. The van der Waals surface area contributed by atoms with Crippen molar-refractivity contribution in [2.24, 2.45) is 5.92 Å². The lowest BCUT2D eigenvalue weighted by atomic mass is 10.0. The van der Waals surface area contributed by atoms with E-state index in [2.05, 4.69) is 5.32 Å². The van der Waals surface area contributed by atoms with Crippen LogP contribution in [0.5, 0.6) is 0 Å². The molecule has 1 amide bonds. The molecule has 0 aromatic heterocycles. The number of amides is 1. The van der Waals surface area contributed by atoms with E-state index in [1.165, 1.54) is 12.1 Å². The van der Waals surface area contributed by atoms with Crippen LogP contribution in [0.1, 0.15) is 37.3 Å². The van der Waals surface area contributed by atoms with Crippen LogP contribution >= 0.6 is 0 Å². The number of carbonyl (C=O) groups is 1. The molecule has 1 aromatic rings. The standard InChI is InChI=1S/C16H20F3NO2/c1-15(22,12-7-8-12)10-20-14(21)9-4-11-2-5-13(6-3-11)16(17,18)19/h2-3,5-6,12,22H,4,7-10H2,1H3,(H,20,21)/t15-/m1/s1. The van der Waals surface area contributed by atoms with E-state index in [0.29, 0.717) is 12.0 Å². The van der Waals surface area contributed by atoms with Crippen molar-refractivity contribution in [3.63, 3.8) is 0 Å². The van der Waals surface area contributed by atoms with Crippen molar-refractivity contribution in [1.29, 1.82) is 0 Å². The van der Waals surface area contributed by atoms with Gasteiger partial charge in [0, 0.05) is 13.0 Å². The van der Waals surface area contributed by atoms with Gasteiger partial charge in [-0.1, -0.05) is 12.1 Å². The van der Waals surface area contributed by atoms with Gasteiger partial charge < -0.3 is 10.4 Å². The summed E-state index contributed by atoms with van der Waals surface area (Å²) in [6, 6.07) is 4.81. The summed E-state index contributed by atoms with van der Waals surface area (Å²) in [5, 5.41) is 12.8. The van der Waals surface area contributed by atoms with Crippen molar-refractivity contribution in [3.8, 4) is 0 Å². The van der Waals surface area contributed by atoms with Gasteiger partial charge in [-0.3, -0.25) is 4.79 Å². The van der Waals surface area contributed by atoms with E-state index >= 15 is 0 Å². The number of aryl methyl sites for hydroxylation is 1. The highest BCUT2D eigenvalue weighted by Crippen LogP contribution is 2.39. The summed E-state index contributed by atoms with van der Waals surface area (Å²) in [6.45, 7) is 1.92. The lowest BCUT2D eigenvalue weighted by Crippen LogP contribution is -2.42. The zero-order valence-electron chi connectivity index (χ0n) is 12.4. The van der Waals surface area contributed by atoms with Crippen LogP contribution in [0.3, 0.4) is 0 Å². The largest absolute Gasteiger partial charge is 0.416 e. The maximum atomic E-state index is 12.4. The fraction of sp³-hybridized carbons (Fsp3) is 0.562. The number of alkyl halides is 3. The smallest absolute Gasteiger partial charge is 0.388 e. The van der Waals surface area contributed by atoms with Crippen molar-refractivity contribution in [3.05, 3.63) is 35.4 Å². The third-order valence-corrected chi connectivity index (χ3v) is 4.02. The summed E-state index contributed by atoms with van der Waals surface area (Å²) < 4.78 is 37.3. The number of hydrogen-bond acceptors (Lipinski definition) is 2. The van der Waals surface area contributed by atoms with E-state index in [1.807, 2.05) is 0 Å². The topological polar surface area (TPSA) is 49.3 Å². The number of nitrogens with one attached hydrogen (secondary N) is 1. The molecule has 0 spiro atoms. The Morgan fingerprint density at radius 3 is 2.36 bits per heavy atom. The van der Waals surface area contributed by atoms with Crippen LogP contribution in [-0.2, 0) is 17.4 Å². The molecule has 0 radical (unpaired) electrons. The second-order valence-electron chi connectivity index (χ2n) is 6.10. The molecule has 1 fully saturated rings. The Morgan fingerprint density at radius 1 is 1.27 bits per heavy atom. The van der Waals surface area contributed by atoms with Crippen molar-refractivity contribution in [2.75, 3.05) is 6.54 Å². The lowest BCUT2D eigenvalue weighted by Gasteiger charge is -2.23. The van der Waals surface area contributed by atoms with E-state index in [0.717, 1.165) is 25.0 Å². The molecule has 122 valence electrons. The predicted molar refractivity (Wildman–Crippen MR) is 76.1 cm³/mol. The molecule has 1 atom stereocenters. The quantitative estimate of drug-likeness (QED) is 0.848. The molecular formula is C16H20F3NO2. The second-order valence-corrected chi connectivity index (χ2v) is 6.10. The van der Waals surface area contributed by atoms with Crippen LogP contribution in [0.4, 0.5) is 13.2 Å². The van der Waals surface area contributed by atoms with Crippen LogP contribution in [0.25, 0.3) is 0 Å². The van der Waals surface area contributed by atoms with E-state index in [-0.39, 0.29) is 24.8 Å². The Balaban J connectivity index is 1.76. The van der Waals surface area contributed by atoms with Crippen molar-refractivity contribution in [1.82, 2.24) is 5.32 Å². The molecule has 0 saturated heterocycles. The maximum absolute atomic E-state index is 12.4. The van der Waals surface area contributed by atoms with Gasteiger partial charge in [0.1, 0.15) is 0 Å². The van der Waals surface area contributed by atoms with Gasteiger partial charge >= 0.3 is 6.18 Å². The maximum Gasteiger partial charge on any atom is 0.416 e. The van der Waals surface area contributed by atoms with Gasteiger partial charge in [0.25, 0.3) is 0 Å². The Labute approximate surface area is 127 Å². The van der Waals surface area contributed by atoms with Crippen molar-refractivity contribution < 1.29 is 23.1 Å². The molecule has 1 saturated carbocycles. The molecule has 1 aliphatic rings. The molecule has 0 bridgehead atoms. The normalized spacial score (nSPS) is 17.9. The molecule has 0 heterocycles. The third kappa shape index (κ3) is 4.73. The minimum atomic E-state index is -4.34. The molecule has 0 unspecified atom stereocenters. The zero-order chi connectivity index (χ0) is 16.4. The van der Waals surface area contributed by atoms with E-state index in [9.17, 15) is 23.1 Å². The average molecular weight is 315 g/mol. The summed E-state index contributed by atoms with van der Waals surface area (Å²) in [5.41, 5.74) is -0.886. The van der Waals surface area contributed by atoms with Crippen molar-refractivity contribution in [2.45, 2.75) is 44.4 Å². The summed E-state index contributed by atoms with van der Waals surface area (Å²) in [5.74, 6) is 0.0449. The fourth-order valence-corrected chi connectivity index (χ4v) is 2.33. The van der Waals surface area contributed by atoms with Gasteiger partial charge in [-0.05, 0) is 49.8 Å². The van der Waals surface area contributed by atoms with Crippen LogP contribution in [0.2, 0.25) is 0 Å². The lowest BCUT2D eigenvalue weighted by molar-refractivity contribution is -0.137. The molecule has 6 heteroatoms. The van der Waals surface area contributed by atoms with E-state index in [1.54, 1.807) is 6.92 Å². The highest BCUT2D eigenvalue weighted by atomic mass is 19.4. The fourth-order valence-electron chi connectivity index (χ4n) is 2.33. The van der Waals surface area contributed by atoms with E-state index in [4.69, 9.17) is 0 Å². The number of rotatable bonds is 6. The van der Waals surface area contributed by atoms with Gasteiger partial charge in [0.05, 0.1) is 11.2 Å². The molecule has 2 N–H and O–H groups in total. The van der Waals surface area contributed by atoms with Crippen molar-refractivity contribution >= 4 is 5.91 Å². The van der Waals surface area contributed by atoms with Crippen LogP contribution in [0.15, 0.2) is 24.3 Å². The highest BCUT2D eigenvalue weighted by molar-refractivity contribution is 5.76. The number of benzene rings is 1. The Kier molecular flexibility index (Phi) is 4.80. The first-order valence-electron chi connectivity index (χ1n) is 7.34. The predicted octanol–water partition coefficient (Wildman–Crippen LogP) is 2.92. The zero-order valence-corrected chi connectivity index (χ0v) is 12.4. The summed E-state index contributed by atoms with van der Waals surface area (Å²) in [6.07, 6.45) is -1.82. The monoisotopic (exact) mass is 315 g/mol. The molecular weight excluding hydrogens is 295 g/mol. The Morgan fingerprint density at radius 2 is 1.86 bits per heavy atom. The van der Waals surface area contributed by atoms with E-state index < -0.39 is 17.3 Å². The summed E-state index contributed by atoms with van der Waals surface area (Å²) >= 11 is 0. The van der Waals surface area contributed by atoms with Gasteiger partial charge in [-0.15, -0.1) is 0 Å². The first-order valence-corrected chi connectivity index (χ1v) is 7.34. The molecule has 2 rings (SSSR count). The first kappa shape index (κ1) is 16.8. The summed E-state index contributed by atoms with van der Waals surface area (Å²) in [4.78, 5) is 11.7. The Hall–Kier alpha value is -1.56. The second kappa shape index (κ2) is 6.28. The summed E-state index contributed by atoms with van der Waals surface area (Å²) in [7, 11) is 0. The van der Waals surface area contributed by atoms with Crippen LogP contribution < -0.4 is 5.32 Å². The SMILES string of the molecule is C[C@@](O)(CNC(=O)CCc1ccc(C(F)(F)F)cc1)C1CC1. The number of carbonyl (C=O) groups excluding carboxylic acids is 1. The van der Waals surface area contributed by atoms with Gasteiger partial charge in [0.15, 0.2) is 0 Å². The minimum Gasteiger partial charge on any atom is -0.388 e. The Bertz CT molecular complexity index is 519. The minimum absolute atomic E-state index is 0.187. The highest BCUT2D eigenvalue weighted by Gasteiger charge is 2.39. The van der Waals surface area contributed by atoms with Crippen LogP contribution in [0, 0.1) is 5.92 Å². The number of hydrogen-bond donors (Lipinski definition) is 2.